The number of nitrogens with zero attached hydrogens (tertiary/aromatic N) is 2. The molecule has 0 aliphatic rings. The van der Waals surface area contributed by atoms with Gasteiger partial charge in [-0.15, -0.1) is 11.8 Å². The van der Waals surface area contributed by atoms with Crippen LogP contribution in [-0.4, -0.2) is 42.3 Å². The van der Waals surface area contributed by atoms with Crippen LogP contribution in [0.1, 0.15) is 20.3 Å². The Morgan fingerprint density at radius 1 is 1.24 bits per heavy atom. The summed E-state index contributed by atoms with van der Waals surface area (Å²) in [5.41, 5.74) is 2.22. The Balaban J connectivity index is 2.04. The molecule has 0 aliphatic carbocycles. The number of nitrogens with one attached hydrogen (secondary N) is 1. The Labute approximate surface area is 132 Å². The summed E-state index contributed by atoms with van der Waals surface area (Å²) >= 11 is 1.77. The normalized spacial score (nSPS) is 11.2. The minimum Gasteiger partial charge on any atom is -0.383 e. The summed E-state index contributed by atoms with van der Waals surface area (Å²) in [6, 6.07) is 8.53. The van der Waals surface area contributed by atoms with E-state index in [2.05, 4.69) is 53.5 Å². The van der Waals surface area contributed by atoms with Crippen LogP contribution >= 0.6 is 11.8 Å². The van der Waals surface area contributed by atoms with Crippen molar-refractivity contribution in [3.63, 3.8) is 0 Å². The molecule has 0 bridgehead atoms. The smallest absolute Gasteiger partial charge is 0.0933 e. The van der Waals surface area contributed by atoms with Crippen LogP contribution in [0.2, 0.25) is 0 Å². The Morgan fingerprint density at radius 2 is 2.05 bits per heavy atom. The number of hydrogen-bond acceptors (Lipinski definition) is 4. The van der Waals surface area contributed by atoms with Gasteiger partial charge in [-0.2, -0.15) is 0 Å². The van der Waals surface area contributed by atoms with Crippen molar-refractivity contribution in [3.05, 3.63) is 30.5 Å². The zero-order valence-corrected chi connectivity index (χ0v) is 14.0. The van der Waals surface area contributed by atoms with Gasteiger partial charge in [0.2, 0.25) is 0 Å². The second-order valence-electron chi connectivity index (χ2n) is 5.06. The fourth-order valence-electron chi connectivity index (χ4n) is 2.48. The van der Waals surface area contributed by atoms with Gasteiger partial charge in [-0.3, -0.25) is 4.98 Å². The molecule has 0 spiro atoms. The van der Waals surface area contributed by atoms with Crippen molar-refractivity contribution < 1.29 is 0 Å². The van der Waals surface area contributed by atoms with Crippen molar-refractivity contribution in [1.29, 1.82) is 0 Å². The molecule has 1 heterocycles. The van der Waals surface area contributed by atoms with Crippen LogP contribution < -0.4 is 5.32 Å². The van der Waals surface area contributed by atoms with E-state index >= 15 is 0 Å². The van der Waals surface area contributed by atoms with Gasteiger partial charge in [-0.1, -0.05) is 19.9 Å². The van der Waals surface area contributed by atoms with Crippen LogP contribution in [0.5, 0.6) is 0 Å². The van der Waals surface area contributed by atoms with Crippen molar-refractivity contribution in [3.8, 4) is 0 Å². The molecule has 2 aromatic rings. The molecule has 0 atom stereocenters. The number of aromatic nitrogens is 1. The summed E-state index contributed by atoms with van der Waals surface area (Å²) in [5, 5.41) is 4.77. The van der Waals surface area contributed by atoms with Crippen molar-refractivity contribution >= 4 is 28.4 Å². The highest BCUT2D eigenvalue weighted by Crippen LogP contribution is 2.28. The van der Waals surface area contributed by atoms with Gasteiger partial charge < -0.3 is 10.2 Å². The maximum absolute atomic E-state index is 4.52. The average molecular weight is 303 g/mol. The largest absolute Gasteiger partial charge is 0.383 e. The number of thioether (sulfide) groups is 1. The number of fused-ring (bicyclic) bond motifs is 1. The lowest BCUT2D eigenvalue weighted by Crippen LogP contribution is -2.25. The van der Waals surface area contributed by atoms with Crippen LogP contribution in [0.15, 0.2) is 35.4 Å². The molecular formula is C17H25N3S. The lowest BCUT2D eigenvalue weighted by Gasteiger charge is -2.18. The standard InChI is InChI=1S/C17H25N3S/c1-4-20(5-2)11-7-10-18-16-13-15(21-3)12-14-8-6-9-19-17(14)16/h6,8-9,12-13,18H,4-5,7,10-11H2,1-3H3. The molecule has 0 aliphatic heterocycles. The monoisotopic (exact) mass is 303 g/mol. The van der Waals surface area contributed by atoms with E-state index in [-0.39, 0.29) is 0 Å². The molecule has 1 aromatic heterocycles. The Morgan fingerprint density at radius 3 is 2.76 bits per heavy atom. The maximum atomic E-state index is 4.52. The first-order valence-electron chi connectivity index (χ1n) is 7.67. The van der Waals surface area contributed by atoms with E-state index < -0.39 is 0 Å². The Kier molecular flexibility index (Phi) is 6.33. The predicted molar refractivity (Wildman–Crippen MR) is 94.4 cm³/mol. The summed E-state index contributed by atoms with van der Waals surface area (Å²) < 4.78 is 0. The van der Waals surface area contributed by atoms with Gasteiger partial charge in [-0.05, 0) is 50.5 Å². The van der Waals surface area contributed by atoms with Gasteiger partial charge in [0.05, 0.1) is 11.2 Å². The fraction of sp³-hybridized carbons (Fsp3) is 0.471. The Hall–Kier alpha value is -1.26. The number of anilines is 1. The minimum absolute atomic E-state index is 0.986. The molecular weight excluding hydrogens is 278 g/mol. The number of benzene rings is 1. The van der Waals surface area contributed by atoms with E-state index in [1.54, 1.807) is 11.8 Å². The van der Waals surface area contributed by atoms with Crippen molar-refractivity contribution in [1.82, 2.24) is 9.88 Å². The first-order valence-corrected chi connectivity index (χ1v) is 8.90. The second kappa shape index (κ2) is 8.25. The van der Waals surface area contributed by atoms with Crippen LogP contribution in [0.4, 0.5) is 5.69 Å². The topological polar surface area (TPSA) is 28.2 Å². The average Bonchev–Trinajstić information content (AvgIpc) is 2.54. The lowest BCUT2D eigenvalue weighted by atomic mass is 10.2. The van der Waals surface area contributed by atoms with E-state index in [0.717, 1.165) is 43.8 Å². The molecule has 4 heteroatoms. The SMILES string of the molecule is CCN(CC)CCCNc1cc(SC)cc2cccnc12. The summed E-state index contributed by atoms with van der Waals surface area (Å²) in [6.07, 6.45) is 5.13. The van der Waals surface area contributed by atoms with Crippen LogP contribution in [0, 0.1) is 0 Å². The highest BCUT2D eigenvalue weighted by atomic mass is 32.2. The van der Waals surface area contributed by atoms with Gasteiger partial charge in [-0.25, -0.2) is 0 Å². The Bertz CT molecular complexity index is 567. The zero-order valence-electron chi connectivity index (χ0n) is 13.2. The molecule has 2 rings (SSSR count). The number of rotatable bonds is 8. The minimum atomic E-state index is 0.986. The quantitative estimate of drug-likeness (QED) is 0.587. The molecule has 0 radical (unpaired) electrons. The van der Waals surface area contributed by atoms with Crippen molar-refractivity contribution in [2.24, 2.45) is 0 Å². The molecule has 0 amide bonds. The zero-order chi connectivity index (χ0) is 15.1. The van der Waals surface area contributed by atoms with E-state index in [0.29, 0.717) is 0 Å². The van der Waals surface area contributed by atoms with Gasteiger partial charge >= 0.3 is 0 Å². The third-order valence-corrected chi connectivity index (χ3v) is 4.48. The summed E-state index contributed by atoms with van der Waals surface area (Å²) in [4.78, 5) is 8.25. The van der Waals surface area contributed by atoms with Crippen LogP contribution in [0.25, 0.3) is 10.9 Å². The molecule has 0 unspecified atom stereocenters. The number of pyridine rings is 1. The van der Waals surface area contributed by atoms with Gasteiger partial charge in [0.25, 0.3) is 0 Å². The van der Waals surface area contributed by atoms with E-state index in [1.165, 1.54) is 10.3 Å². The molecule has 0 fully saturated rings. The summed E-state index contributed by atoms with van der Waals surface area (Å²) in [7, 11) is 0. The maximum Gasteiger partial charge on any atom is 0.0933 e. The molecule has 114 valence electrons. The highest BCUT2D eigenvalue weighted by molar-refractivity contribution is 7.98. The fourth-order valence-corrected chi connectivity index (χ4v) is 2.96. The first-order chi connectivity index (χ1) is 10.3. The van der Waals surface area contributed by atoms with E-state index in [9.17, 15) is 0 Å². The molecule has 3 nitrogen and oxygen atoms in total. The number of hydrogen-bond donors (Lipinski definition) is 1. The van der Waals surface area contributed by atoms with Gasteiger partial charge in [0, 0.05) is 23.0 Å². The second-order valence-corrected chi connectivity index (χ2v) is 5.94. The first kappa shape index (κ1) is 16.1. The van der Waals surface area contributed by atoms with E-state index in [4.69, 9.17) is 0 Å². The molecule has 0 saturated carbocycles. The van der Waals surface area contributed by atoms with Crippen LogP contribution in [0.3, 0.4) is 0 Å². The molecule has 0 saturated heterocycles. The summed E-state index contributed by atoms with van der Waals surface area (Å²) in [6.45, 7) is 8.83. The highest BCUT2D eigenvalue weighted by Gasteiger charge is 2.05. The summed E-state index contributed by atoms with van der Waals surface area (Å²) in [5.74, 6) is 0. The molecule has 1 aromatic carbocycles. The predicted octanol–water partition coefficient (Wildman–Crippen LogP) is 4.10. The van der Waals surface area contributed by atoms with Crippen molar-refractivity contribution in [2.75, 3.05) is 37.8 Å². The third-order valence-electron chi connectivity index (χ3n) is 3.78. The van der Waals surface area contributed by atoms with E-state index in [1.807, 2.05) is 12.3 Å². The van der Waals surface area contributed by atoms with Crippen LogP contribution in [-0.2, 0) is 0 Å². The molecule has 21 heavy (non-hydrogen) atoms. The third kappa shape index (κ3) is 4.35. The molecule has 1 N–H and O–H groups in total. The van der Waals surface area contributed by atoms with Crippen molar-refractivity contribution in [2.45, 2.75) is 25.2 Å². The lowest BCUT2D eigenvalue weighted by molar-refractivity contribution is 0.303. The van der Waals surface area contributed by atoms with Gasteiger partial charge in [0.1, 0.15) is 0 Å². The van der Waals surface area contributed by atoms with Gasteiger partial charge in [0.15, 0.2) is 0 Å².